The molecule has 0 spiro atoms. The molecule has 1 aromatic heterocycles. The van der Waals surface area contributed by atoms with Crippen molar-refractivity contribution >= 4 is 29.1 Å². The highest BCUT2D eigenvalue weighted by molar-refractivity contribution is 6.30. The molecule has 1 fully saturated rings. The SMILES string of the molecule is CCC(CC)N1CC(C(=O)Nc2cc(Cl)c(=O)n(C)c2)CC1=O. The highest BCUT2D eigenvalue weighted by Gasteiger charge is 2.36. The Morgan fingerprint density at radius 1 is 1.39 bits per heavy atom. The van der Waals surface area contributed by atoms with Crippen LogP contribution in [0.3, 0.4) is 0 Å². The van der Waals surface area contributed by atoms with Gasteiger partial charge in [0.15, 0.2) is 0 Å². The van der Waals surface area contributed by atoms with Crippen LogP contribution in [0.5, 0.6) is 0 Å². The first-order valence-corrected chi connectivity index (χ1v) is 8.21. The fraction of sp³-hybridized carbons (Fsp3) is 0.562. The smallest absolute Gasteiger partial charge is 0.269 e. The number of hydrogen-bond acceptors (Lipinski definition) is 3. The zero-order valence-electron chi connectivity index (χ0n) is 13.6. The molecule has 1 atom stereocenters. The summed E-state index contributed by atoms with van der Waals surface area (Å²) in [5, 5.41) is 2.79. The Bertz CT molecular complexity index is 641. The second-order valence-electron chi connectivity index (χ2n) is 5.90. The third-order valence-corrected chi connectivity index (χ3v) is 4.59. The predicted molar refractivity (Wildman–Crippen MR) is 89.5 cm³/mol. The number of likely N-dealkylation sites (tertiary alicyclic amines) is 1. The molecule has 7 heteroatoms. The van der Waals surface area contributed by atoms with Crippen LogP contribution in [-0.4, -0.2) is 33.9 Å². The second kappa shape index (κ2) is 7.17. The van der Waals surface area contributed by atoms with E-state index in [2.05, 4.69) is 5.32 Å². The van der Waals surface area contributed by atoms with E-state index in [0.29, 0.717) is 12.2 Å². The number of halogens is 1. The molecule has 1 unspecified atom stereocenters. The number of rotatable bonds is 5. The number of carbonyl (C=O) groups excluding carboxylic acids is 2. The maximum atomic E-state index is 12.4. The van der Waals surface area contributed by atoms with Crippen LogP contribution in [0.1, 0.15) is 33.1 Å². The number of carbonyl (C=O) groups is 2. The van der Waals surface area contributed by atoms with E-state index in [-0.39, 0.29) is 40.8 Å². The van der Waals surface area contributed by atoms with Crippen LogP contribution in [-0.2, 0) is 16.6 Å². The number of pyridine rings is 1. The molecule has 126 valence electrons. The van der Waals surface area contributed by atoms with Crippen LogP contribution in [0, 0.1) is 5.92 Å². The number of nitrogens with zero attached hydrogens (tertiary/aromatic N) is 2. The highest BCUT2D eigenvalue weighted by Crippen LogP contribution is 2.24. The summed E-state index contributed by atoms with van der Waals surface area (Å²) in [5.41, 5.74) is 0.135. The topological polar surface area (TPSA) is 71.4 Å². The number of aryl methyl sites for hydroxylation is 1. The first-order valence-electron chi connectivity index (χ1n) is 7.83. The van der Waals surface area contributed by atoms with Crippen LogP contribution in [0.15, 0.2) is 17.1 Å². The van der Waals surface area contributed by atoms with Gasteiger partial charge in [-0.05, 0) is 18.9 Å². The molecule has 0 aliphatic carbocycles. The summed E-state index contributed by atoms with van der Waals surface area (Å²) in [5.74, 6) is -0.571. The number of nitrogens with one attached hydrogen (secondary N) is 1. The van der Waals surface area contributed by atoms with Gasteiger partial charge in [0, 0.05) is 32.3 Å². The Morgan fingerprint density at radius 2 is 2.04 bits per heavy atom. The van der Waals surface area contributed by atoms with Crippen LogP contribution in [0.2, 0.25) is 5.02 Å². The minimum absolute atomic E-state index is 0.0253. The Hall–Kier alpha value is -1.82. The van der Waals surface area contributed by atoms with Crippen LogP contribution in [0.4, 0.5) is 5.69 Å². The molecule has 0 aromatic carbocycles. The largest absolute Gasteiger partial charge is 0.339 e. The molecule has 1 aliphatic heterocycles. The zero-order chi connectivity index (χ0) is 17.1. The van der Waals surface area contributed by atoms with Gasteiger partial charge in [-0.1, -0.05) is 25.4 Å². The Labute approximate surface area is 140 Å². The summed E-state index contributed by atoms with van der Waals surface area (Å²) in [7, 11) is 1.57. The fourth-order valence-electron chi connectivity index (χ4n) is 2.97. The lowest BCUT2D eigenvalue weighted by molar-refractivity contribution is -0.130. The maximum Gasteiger partial charge on any atom is 0.269 e. The molecule has 2 rings (SSSR count). The van der Waals surface area contributed by atoms with Crippen molar-refractivity contribution in [1.29, 1.82) is 0 Å². The first kappa shape index (κ1) is 17.5. The number of aromatic nitrogens is 1. The minimum Gasteiger partial charge on any atom is -0.339 e. The molecular formula is C16H22ClN3O3. The van der Waals surface area contributed by atoms with Crippen LogP contribution in [0.25, 0.3) is 0 Å². The number of anilines is 1. The summed E-state index contributed by atoms with van der Waals surface area (Å²) in [6.07, 6.45) is 3.50. The summed E-state index contributed by atoms with van der Waals surface area (Å²) in [4.78, 5) is 37.9. The van der Waals surface area contributed by atoms with Gasteiger partial charge < -0.3 is 14.8 Å². The van der Waals surface area contributed by atoms with Crippen molar-refractivity contribution in [2.24, 2.45) is 13.0 Å². The molecule has 23 heavy (non-hydrogen) atoms. The molecule has 6 nitrogen and oxygen atoms in total. The van der Waals surface area contributed by atoms with Crippen molar-refractivity contribution < 1.29 is 9.59 Å². The van der Waals surface area contributed by atoms with E-state index < -0.39 is 0 Å². The quantitative estimate of drug-likeness (QED) is 0.892. The number of hydrogen-bond donors (Lipinski definition) is 1. The van der Waals surface area contributed by atoms with Gasteiger partial charge in [0.1, 0.15) is 5.02 Å². The van der Waals surface area contributed by atoms with Crippen molar-refractivity contribution in [2.45, 2.75) is 39.2 Å². The highest BCUT2D eigenvalue weighted by atomic mass is 35.5. The molecule has 2 heterocycles. The molecule has 1 N–H and O–H groups in total. The van der Waals surface area contributed by atoms with Gasteiger partial charge in [0.2, 0.25) is 11.8 Å². The summed E-state index contributed by atoms with van der Waals surface area (Å²) < 4.78 is 1.31. The molecule has 0 bridgehead atoms. The lowest BCUT2D eigenvalue weighted by Crippen LogP contribution is -2.36. The van der Waals surface area contributed by atoms with E-state index in [1.165, 1.54) is 16.8 Å². The van der Waals surface area contributed by atoms with Crippen LogP contribution >= 0.6 is 11.6 Å². The Balaban J connectivity index is 2.08. The standard InChI is InChI=1S/C16H22ClN3O3/c1-4-12(5-2)20-8-10(6-14(20)21)15(22)18-11-7-13(17)16(23)19(3)9-11/h7,9-10,12H,4-6,8H2,1-3H3,(H,18,22). The number of amides is 2. The van der Waals surface area contributed by atoms with Gasteiger partial charge in [-0.15, -0.1) is 0 Å². The average Bonchev–Trinajstić information content (AvgIpc) is 2.88. The molecule has 0 saturated carbocycles. The van der Waals surface area contributed by atoms with E-state index in [9.17, 15) is 14.4 Å². The predicted octanol–water partition coefficient (Wildman–Crippen LogP) is 2.01. The van der Waals surface area contributed by atoms with Gasteiger partial charge >= 0.3 is 0 Å². The van der Waals surface area contributed by atoms with Crippen molar-refractivity contribution in [2.75, 3.05) is 11.9 Å². The third kappa shape index (κ3) is 3.75. The minimum atomic E-state index is -0.376. The van der Waals surface area contributed by atoms with E-state index in [1.807, 2.05) is 13.8 Å². The van der Waals surface area contributed by atoms with Gasteiger partial charge in [-0.2, -0.15) is 0 Å². The van der Waals surface area contributed by atoms with Gasteiger partial charge in [0.05, 0.1) is 11.6 Å². The molecule has 1 saturated heterocycles. The van der Waals surface area contributed by atoms with E-state index in [0.717, 1.165) is 12.8 Å². The van der Waals surface area contributed by atoms with Gasteiger partial charge in [-0.3, -0.25) is 14.4 Å². The summed E-state index contributed by atoms with van der Waals surface area (Å²) in [6.45, 7) is 4.53. The molecule has 1 aliphatic rings. The molecule has 1 aromatic rings. The third-order valence-electron chi connectivity index (χ3n) is 4.32. The van der Waals surface area contributed by atoms with Crippen LogP contribution < -0.4 is 10.9 Å². The summed E-state index contributed by atoms with van der Waals surface area (Å²) in [6, 6.07) is 1.62. The average molecular weight is 340 g/mol. The van der Waals surface area contributed by atoms with Gasteiger partial charge in [-0.25, -0.2) is 0 Å². The first-order chi connectivity index (χ1) is 10.9. The Morgan fingerprint density at radius 3 is 2.61 bits per heavy atom. The van der Waals surface area contributed by atoms with E-state index >= 15 is 0 Å². The van der Waals surface area contributed by atoms with E-state index in [1.54, 1.807) is 11.9 Å². The normalized spacial score (nSPS) is 17.9. The lowest BCUT2D eigenvalue weighted by Gasteiger charge is -2.26. The molecule has 0 radical (unpaired) electrons. The van der Waals surface area contributed by atoms with Gasteiger partial charge in [0.25, 0.3) is 5.56 Å². The van der Waals surface area contributed by atoms with E-state index in [4.69, 9.17) is 11.6 Å². The maximum absolute atomic E-state index is 12.4. The van der Waals surface area contributed by atoms with Crippen molar-refractivity contribution in [3.63, 3.8) is 0 Å². The molecule has 2 amide bonds. The molecular weight excluding hydrogens is 318 g/mol. The second-order valence-corrected chi connectivity index (χ2v) is 6.31. The van der Waals surface area contributed by atoms with Crippen molar-refractivity contribution in [1.82, 2.24) is 9.47 Å². The zero-order valence-corrected chi connectivity index (χ0v) is 14.4. The lowest BCUT2D eigenvalue weighted by atomic mass is 10.1. The van der Waals surface area contributed by atoms with Crippen molar-refractivity contribution in [3.8, 4) is 0 Å². The monoisotopic (exact) mass is 339 g/mol. The Kier molecular flexibility index (Phi) is 5.46. The van der Waals surface area contributed by atoms with Crippen molar-refractivity contribution in [3.05, 3.63) is 27.6 Å². The fourth-order valence-corrected chi connectivity index (χ4v) is 3.22. The summed E-state index contributed by atoms with van der Waals surface area (Å²) >= 11 is 5.84.